The molecule has 0 radical (unpaired) electrons. The first-order valence-corrected chi connectivity index (χ1v) is 6.72. The molecule has 0 aliphatic heterocycles. The molecule has 1 unspecified atom stereocenters. The van der Waals surface area contributed by atoms with E-state index >= 15 is 0 Å². The third-order valence-corrected chi connectivity index (χ3v) is 3.67. The highest BCUT2D eigenvalue weighted by molar-refractivity contribution is 5.85. The molecule has 100 valence electrons. The predicted octanol–water partition coefficient (Wildman–Crippen LogP) is 3.25. The molecule has 0 aliphatic carbocycles. The zero-order valence-corrected chi connectivity index (χ0v) is 11.7. The second kappa shape index (κ2) is 5.39. The standard InChI is InChI=1S/C17H17N3/c1-12-14(7-4-9-20-12)17(18-2)16-6-3-5-13-11-19-10-8-15(13)16/h3-11,17-18H,1-2H3. The minimum atomic E-state index is 0.134. The van der Waals surface area contributed by atoms with Crippen LogP contribution in [0, 0.1) is 6.92 Å². The van der Waals surface area contributed by atoms with Crippen molar-refractivity contribution in [3.63, 3.8) is 0 Å². The minimum Gasteiger partial charge on any atom is -0.309 e. The van der Waals surface area contributed by atoms with Crippen LogP contribution in [0.3, 0.4) is 0 Å². The molecular weight excluding hydrogens is 246 g/mol. The first-order chi connectivity index (χ1) is 9.81. The van der Waals surface area contributed by atoms with E-state index in [-0.39, 0.29) is 6.04 Å². The summed E-state index contributed by atoms with van der Waals surface area (Å²) >= 11 is 0. The highest BCUT2D eigenvalue weighted by Crippen LogP contribution is 2.29. The van der Waals surface area contributed by atoms with Crippen molar-refractivity contribution >= 4 is 10.8 Å². The van der Waals surface area contributed by atoms with Crippen LogP contribution in [0.1, 0.15) is 22.9 Å². The number of aryl methyl sites for hydroxylation is 1. The van der Waals surface area contributed by atoms with Crippen LogP contribution >= 0.6 is 0 Å². The van der Waals surface area contributed by atoms with Gasteiger partial charge in [-0.1, -0.05) is 24.3 Å². The molecule has 2 heterocycles. The lowest BCUT2D eigenvalue weighted by Gasteiger charge is -2.20. The first kappa shape index (κ1) is 12.8. The molecule has 0 spiro atoms. The summed E-state index contributed by atoms with van der Waals surface area (Å²) in [7, 11) is 1.98. The van der Waals surface area contributed by atoms with Crippen molar-refractivity contribution in [2.24, 2.45) is 0 Å². The van der Waals surface area contributed by atoms with Crippen LogP contribution in [0.25, 0.3) is 10.8 Å². The average Bonchev–Trinajstić information content (AvgIpc) is 2.50. The van der Waals surface area contributed by atoms with Gasteiger partial charge in [-0.15, -0.1) is 0 Å². The molecule has 1 atom stereocenters. The lowest BCUT2D eigenvalue weighted by molar-refractivity contribution is 0.688. The third kappa shape index (κ3) is 2.17. The van der Waals surface area contributed by atoms with E-state index in [1.54, 1.807) is 0 Å². The molecule has 0 saturated carbocycles. The minimum absolute atomic E-state index is 0.134. The molecule has 1 aromatic carbocycles. The number of benzene rings is 1. The van der Waals surface area contributed by atoms with Crippen LogP contribution in [-0.4, -0.2) is 17.0 Å². The van der Waals surface area contributed by atoms with E-state index in [1.807, 2.05) is 38.6 Å². The van der Waals surface area contributed by atoms with E-state index in [4.69, 9.17) is 0 Å². The quantitative estimate of drug-likeness (QED) is 0.788. The van der Waals surface area contributed by atoms with Crippen LogP contribution < -0.4 is 5.32 Å². The summed E-state index contributed by atoms with van der Waals surface area (Å²) in [6, 6.07) is 12.7. The predicted molar refractivity (Wildman–Crippen MR) is 81.6 cm³/mol. The Labute approximate surface area is 118 Å². The van der Waals surface area contributed by atoms with E-state index < -0.39 is 0 Å². The summed E-state index contributed by atoms with van der Waals surface area (Å²) in [6.45, 7) is 2.05. The Morgan fingerprint density at radius 2 is 1.85 bits per heavy atom. The van der Waals surface area contributed by atoms with Gasteiger partial charge in [-0.05, 0) is 42.6 Å². The monoisotopic (exact) mass is 263 g/mol. The fraction of sp³-hybridized carbons (Fsp3) is 0.176. The zero-order valence-electron chi connectivity index (χ0n) is 11.7. The lowest BCUT2D eigenvalue weighted by Crippen LogP contribution is -2.19. The van der Waals surface area contributed by atoms with Gasteiger partial charge in [0.05, 0.1) is 6.04 Å². The normalized spacial score (nSPS) is 12.5. The lowest BCUT2D eigenvalue weighted by atomic mass is 9.94. The summed E-state index contributed by atoms with van der Waals surface area (Å²) in [5.41, 5.74) is 3.51. The molecule has 20 heavy (non-hydrogen) atoms. The van der Waals surface area contributed by atoms with Gasteiger partial charge in [0.25, 0.3) is 0 Å². The SMILES string of the molecule is CNC(c1cccnc1C)c1cccc2cnccc12. The van der Waals surface area contributed by atoms with Crippen molar-refractivity contribution in [1.82, 2.24) is 15.3 Å². The molecule has 0 amide bonds. The van der Waals surface area contributed by atoms with Crippen molar-refractivity contribution in [1.29, 1.82) is 0 Å². The first-order valence-electron chi connectivity index (χ1n) is 6.72. The number of nitrogens with one attached hydrogen (secondary N) is 1. The topological polar surface area (TPSA) is 37.8 Å². The third-order valence-electron chi connectivity index (χ3n) is 3.67. The average molecular weight is 263 g/mol. The van der Waals surface area contributed by atoms with Crippen LogP contribution in [0.4, 0.5) is 0 Å². The molecule has 0 fully saturated rings. The van der Waals surface area contributed by atoms with E-state index in [1.165, 1.54) is 16.5 Å². The highest BCUT2D eigenvalue weighted by atomic mass is 14.9. The maximum absolute atomic E-state index is 4.40. The largest absolute Gasteiger partial charge is 0.309 e. The van der Waals surface area contributed by atoms with Gasteiger partial charge >= 0.3 is 0 Å². The van der Waals surface area contributed by atoms with Crippen molar-refractivity contribution < 1.29 is 0 Å². The number of pyridine rings is 2. The Morgan fingerprint density at radius 3 is 2.65 bits per heavy atom. The van der Waals surface area contributed by atoms with Crippen molar-refractivity contribution in [2.45, 2.75) is 13.0 Å². The maximum Gasteiger partial charge on any atom is 0.0598 e. The molecule has 3 heteroatoms. The molecule has 3 aromatic rings. The van der Waals surface area contributed by atoms with E-state index in [0.717, 1.165) is 11.1 Å². The maximum atomic E-state index is 4.40. The summed E-state index contributed by atoms with van der Waals surface area (Å²) in [4.78, 5) is 8.60. The number of hydrogen-bond donors (Lipinski definition) is 1. The summed E-state index contributed by atoms with van der Waals surface area (Å²) in [5, 5.41) is 5.79. The van der Waals surface area contributed by atoms with Gasteiger partial charge < -0.3 is 5.32 Å². The van der Waals surface area contributed by atoms with Crippen molar-refractivity contribution in [3.8, 4) is 0 Å². The number of hydrogen-bond acceptors (Lipinski definition) is 3. The Morgan fingerprint density at radius 1 is 1.00 bits per heavy atom. The van der Waals surface area contributed by atoms with Crippen LogP contribution in [0.5, 0.6) is 0 Å². The second-order valence-corrected chi connectivity index (χ2v) is 4.84. The van der Waals surface area contributed by atoms with Gasteiger partial charge in [-0.2, -0.15) is 0 Å². The van der Waals surface area contributed by atoms with Gasteiger partial charge in [0, 0.05) is 29.7 Å². The number of rotatable bonds is 3. The van der Waals surface area contributed by atoms with Gasteiger partial charge in [-0.25, -0.2) is 0 Å². The van der Waals surface area contributed by atoms with Gasteiger partial charge in [0.1, 0.15) is 0 Å². The van der Waals surface area contributed by atoms with Crippen LogP contribution in [-0.2, 0) is 0 Å². The molecule has 0 aliphatic rings. The fourth-order valence-electron chi connectivity index (χ4n) is 2.68. The molecular formula is C17H17N3. The van der Waals surface area contributed by atoms with Gasteiger partial charge in [-0.3, -0.25) is 9.97 Å². The Balaban J connectivity index is 2.20. The Hall–Kier alpha value is -2.26. The number of nitrogens with zero attached hydrogens (tertiary/aromatic N) is 2. The zero-order chi connectivity index (χ0) is 13.9. The molecule has 0 saturated heterocycles. The van der Waals surface area contributed by atoms with E-state index in [9.17, 15) is 0 Å². The molecule has 0 bridgehead atoms. The van der Waals surface area contributed by atoms with Gasteiger partial charge in [0.15, 0.2) is 0 Å². The molecule has 1 N–H and O–H groups in total. The Bertz CT molecular complexity index is 732. The van der Waals surface area contributed by atoms with E-state index in [0.29, 0.717) is 0 Å². The van der Waals surface area contributed by atoms with Crippen molar-refractivity contribution in [3.05, 3.63) is 71.8 Å². The molecule has 2 aromatic heterocycles. The van der Waals surface area contributed by atoms with Crippen LogP contribution in [0.2, 0.25) is 0 Å². The smallest absolute Gasteiger partial charge is 0.0598 e. The Kier molecular flexibility index (Phi) is 3.44. The summed E-state index contributed by atoms with van der Waals surface area (Å²) in [6.07, 6.45) is 5.58. The second-order valence-electron chi connectivity index (χ2n) is 4.84. The molecule has 3 nitrogen and oxygen atoms in total. The van der Waals surface area contributed by atoms with Crippen molar-refractivity contribution in [2.75, 3.05) is 7.05 Å². The van der Waals surface area contributed by atoms with Crippen LogP contribution in [0.15, 0.2) is 55.0 Å². The summed E-state index contributed by atoms with van der Waals surface area (Å²) < 4.78 is 0. The summed E-state index contributed by atoms with van der Waals surface area (Å²) in [5.74, 6) is 0. The number of fused-ring (bicyclic) bond motifs is 1. The highest BCUT2D eigenvalue weighted by Gasteiger charge is 2.16. The fourth-order valence-corrected chi connectivity index (χ4v) is 2.68. The van der Waals surface area contributed by atoms with E-state index in [2.05, 4.69) is 45.6 Å². The number of aromatic nitrogens is 2. The van der Waals surface area contributed by atoms with Gasteiger partial charge in [0.2, 0.25) is 0 Å². The molecule has 3 rings (SSSR count).